The number of hydrogen-bond acceptors (Lipinski definition) is 2. The maximum absolute atomic E-state index is 13.6. The van der Waals surface area contributed by atoms with Crippen LogP contribution in [-0.2, 0) is 12.8 Å². The van der Waals surface area contributed by atoms with Crippen LogP contribution in [0.5, 0.6) is 0 Å². The van der Waals surface area contributed by atoms with Crippen LogP contribution in [0, 0.1) is 5.82 Å². The maximum atomic E-state index is 13.6. The third-order valence-electron chi connectivity index (χ3n) is 3.99. The fourth-order valence-corrected chi connectivity index (χ4v) is 2.57. The van der Waals surface area contributed by atoms with Crippen LogP contribution in [0.1, 0.15) is 21.5 Å². The summed E-state index contributed by atoms with van der Waals surface area (Å²) in [6.07, 6.45) is 1.35. The van der Waals surface area contributed by atoms with Gasteiger partial charge in [-0.05, 0) is 42.2 Å². The van der Waals surface area contributed by atoms with Gasteiger partial charge in [-0.15, -0.1) is 0 Å². The molecule has 2 aromatic rings. The lowest BCUT2D eigenvalue weighted by atomic mass is 10.1. The molecule has 0 aliphatic heterocycles. The van der Waals surface area contributed by atoms with Crippen molar-refractivity contribution in [2.75, 3.05) is 27.2 Å². The molecule has 0 radical (unpaired) electrons. The van der Waals surface area contributed by atoms with Gasteiger partial charge in [0.05, 0.1) is 0 Å². The third-order valence-corrected chi connectivity index (χ3v) is 3.99. The molecule has 2 rings (SSSR count). The number of rotatable bonds is 7. The monoisotopic (exact) mass is 356 g/mol. The minimum Gasteiger partial charge on any atom is -0.356 e. The minimum absolute atomic E-state index is 0.0922. The van der Waals surface area contributed by atoms with Crippen molar-refractivity contribution in [3.8, 4) is 0 Å². The first-order valence-electron chi connectivity index (χ1n) is 8.63. The highest BCUT2D eigenvalue weighted by Gasteiger charge is 2.04. The SMILES string of the molecule is CN=C(NCCc1cccc(C(=O)NC)c1)NCCc1ccccc1F. The number of carbonyl (C=O) groups is 1. The highest BCUT2D eigenvalue weighted by Crippen LogP contribution is 2.07. The number of carbonyl (C=O) groups excluding carboxylic acids is 1. The minimum atomic E-state index is -0.187. The Morgan fingerprint density at radius 2 is 1.77 bits per heavy atom. The second-order valence-corrected chi connectivity index (χ2v) is 5.80. The molecule has 0 bridgehead atoms. The quantitative estimate of drug-likeness (QED) is 0.526. The van der Waals surface area contributed by atoms with Crippen molar-refractivity contribution in [2.24, 2.45) is 4.99 Å². The van der Waals surface area contributed by atoms with E-state index < -0.39 is 0 Å². The summed E-state index contributed by atoms with van der Waals surface area (Å²) < 4.78 is 13.6. The highest BCUT2D eigenvalue weighted by molar-refractivity contribution is 5.94. The Balaban J connectivity index is 1.77. The largest absolute Gasteiger partial charge is 0.356 e. The number of hydrogen-bond donors (Lipinski definition) is 3. The van der Waals surface area contributed by atoms with Crippen LogP contribution in [0.3, 0.4) is 0 Å². The number of guanidine groups is 1. The Morgan fingerprint density at radius 3 is 2.46 bits per heavy atom. The summed E-state index contributed by atoms with van der Waals surface area (Å²) in [6, 6.07) is 14.3. The number of halogens is 1. The molecule has 0 aromatic heterocycles. The Bertz CT molecular complexity index is 761. The van der Waals surface area contributed by atoms with Gasteiger partial charge in [0.2, 0.25) is 0 Å². The molecule has 0 saturated carbocycles. The van der Waals surface area contributed by atoms with E-state index in [0.717, 1.165) is 12.0 Å². The maximum Gasteiger partial charge on any atom is 0.251 e. The molecule has 1 amide bonds. The van der Waals surface area contributed by atoms with E-state index in [4.69, 9.17) is 0 Å². The summed E-state index contributed by atoms with van der Waals surface area (Å²) in [7, 11) is 3.32. The molecule has 0 aliphatic carbocycles. The van der Waals surface area contributed by atoms with Crippen LogP contribution < -0.4 is 16.0 Å². The summed E-state index contributed by atoms with van der Waals surface area (Å²) >= 11 is 0. The van der Waals surface area contributed by atoms with Gasteiger partial charge >= 0.3 is 0 Å². The number of aliphatic imine (C=N–C) groups is 1. The summed E-state index contributed by atoms with van der Waals surface area (Å²) in [6.45, 7) is 1.27. The molecule has 6 heteroatoms. The van der Waals surface area contributed by atoms with Crippen LogP contribution in [0.15, 0.2) is 53.5 Å². The van der Waals surface area contributed by atoms with Gasteiger partial charge in [0.15, 0.2) is 5.96 Å². The summed E-state index contributed by atoms with van der Waals surface area (Å²) in [5.74, 6) is 0.391. The van der Waals surface area contributed by atoms with Crippen molar-refractivity contribution in [2.45, 2.75) is 12.8 Å². The topological polar surface area (TPSA) is 65.5 Å². The van der Waals surface area contributed by atoms with Crippen LogP contribution in [0.2, 0.25) is 0 Å². The Labute approximate surface area is 153 Å². The van der Waals surface area contributed by atoms with Crippen LogP contribution in [0.25, 0.3) is 0 Å². The number of amides is 1. The molecule has 2 aromatic carbocycles. The lowest BCUT2D eigenvalue weighted by Gasteiger charge is -2.12. The molecule has 5 nitrogen and oxygen atoms in total. The fourth-order valence-electron chi connectivity index (χ4n) is 2.57. The van der Waals surface area contributed by atoms with Crippen LogP contribution in [-0.4, -0.2) is 39.1 Å². The predicted molar refractivity (Wildman–Crippen MR) is 103 cm³/mol. The lowest BCUT2D eigenvalue weighted by molar-refractivity contribution is 0.0963. The van der Waals surface area contributed by atoms with E-state index in [9.17, 15) is 9.18 Å². The zero-order chi connectivity index (χ0) is 18.8. The molecule has 0 fully saturated rings. The van der Waals surface area contributed by atoms with E-state index in [1.165, 1.54) is 6.07 Å². The van der Waals surface area contributed by atoms with Gasteiger partial charge in [0.1, 0.15) is 5.82 Å². The van der Waals surface area contributed by atoms with Crippen molar-refractivity contribution in [3.63, 3.8) is 0 Å². The third kappa shape index (κ3) is 5.88. The van der Waals surface area contributed by atoms with E-state index in [2.05, 4.69) is 20.9 Å². The molecule has 0 heterocycles. The molecule has 0 aliphatic rings. The highest BCUT2D eigenvalue weighted by atomic mass is 19.1. The normalized spacial score (nSPS) is 11.1. The standard InChI is InChI=1S/C20H25FN4O/c1-22-19(26)17-8-5-6-15(14-17)10-12-24-20(23-2)25-13-11-16-7-3-4-9-18(16)21/h3-9,14H,10-13H2,1-2H3,(H,22,26)(H2,23,24,25). The van der Waals surface area contributed by atoms with Gasteiger partial charge in [-0.2, -0.15) is 0 Å². The van der Waals surface area contributed by atoms with E-state index in [-0.39, 0.29) is 11.7 Å². The first kappa shape index (κ1) is 19.4. The number of nitrogens with one attached hydrogen (secondary N) is 3. The summed E-state index contributed by atoms with van der Waals surface area (Å²) in [5.41, 5.74) is 2.40. The van der Waals surface area contributed by atoms with Crippen molar-refractivity contribution >= 4 is 11.9 Å². The average Bonchev–Trinajstić information content (AvgIpc) is 2.67. The van der Waals surface area contributed by atoms with E-state index in [1.54, 1.807) is 32.3 Å². The zero-order valence-corrected chi connectivity index (χ0v) is 15.2. The summed E-state index contributed by atoms with van der Waals surface area (Å²) in [4.78, 5) is 15.8. The zero-order valence-electron chi connectivity index (χ0n) is 15.2. The average molecular weight is 356 g/mol. The first-order chi connectivity index (χ1) is 12.6. The number of benzene rings is 2. The van der Waals surface area contributed by atoms with Crippen LogP contribution in [0.4, 0.5) is 4.39 Å². The van der Waals surface area contributed by atoms with Gasteiger partial charge in [-0.25, -0.2) is 4.39 Å². The van der Waals surface area contributed by atoms with E-state index >= 15 is 0 Å². The van der Waals surface area contributed by atoms with E-state index in [1.807, 2.05) is 24.3 Å². The molecule has 26 heavy (non-hydrogen) atoms. The molecule has 0 spiro atoms. The van der Waals surface area contributed by atoms with Crippen molar-refractivity contribution < 1.29 is 9.18 Å². The molecule has 0 saturated heterocycles. The fraction of sp³-hybridized carbons (Fsp3) is 0.300. The van der Waals surface area contributed by atoms with Crippen molar-refractivity contribution in [1.29, 1.82) is 0 Å². The van der Waals surface area contributed by atoms with Crippen molar-refractivity contribution in [1.82, 2.24) is 16.0 Å². The van der Waals surface area contributed by atoms with Gasteiger partial charge in [0.25, 0.3) is 5.91 Å². The number of nitrogens with zero attached hydrogens (tertiary/aromatic N) is 1. The lowest BCUT2D eigenvalue weighted by Crippen LogP contribution is -2.39. The Hall–Kier alpha value is -2.89. The Morgan fingerprint density at radius 1 is 1.04 bits per heavy atom. The van der Waals surface area contributed by atoms with Gasteiger partial charge in [0, 0.05) is 32.7 Å². The molecular weight excluding hydrogens is 331 g/mol. The molecular formula is C20H25FN4O. The summed E-state index contributed by atoms with van der Waals surface area (Å²) in [5, 5.41) is 9.03. The van der Waals surface area contributed by atoms with Gasteiger partial charge < -0.3 is 16.0 Å². The van der Waals surface area contributed by atoms with Crippen molar-refractivity contribution in [3.05, 3.63) is 71.0 Å². The van der Waals surface area contributed by atoms with E-state index in [0.29, 0.717) is 36.6 Å². The van der Waals surface area contributed by atoms with Crippen LogP contribution >= 0.6 is 0 Å². The second kappa shape index (κ2) is 10.2. The molecule has 0 atom stereocenters. The Kier molecular flexibility index (Phi) is 7.61. The molecule has 138 valence electrons. The first-order valence-corrected chi connectivity index (χ1v) is 8.63. The van der Waals surface area contributed by atoms with Gasteiger partial charge in [-0.3, -0.25) is 9.79 Å². The second-order valence-electron chi connectivity index (χ2n) is 5.80. The smallest absolute Gasteiger partial charge is 0.251 e. The predicted octanol–water partition coefficient (Wildman–Crippen LogP) is 2.14. The van der Waals surface area contributed by atoms with Gasteiger partial charge in [-0.1, -0.05) is 30.3 Å². The molecule has 3 N–H and O–H groups in total. The molecule has 0 unspecified atom stereocenters.